The minimum atomic E-state index is 0.461. The molecule has 0 saturated carbocycles. The van der Waals surface area contributed by atoms with Gasteiger partial charge in [-0.25, -0.2) is 0 Å². The summed E-state index contributed by atoms with van der Waals surface area (Å²) < 4.78 is 6.69. The summed E-state index contributed by atoms with van der Waals surface area (Å²) in [6.45, 7) is 6.14. The molecule has 0 aromatic heterocycles. The first-order valence-corrected chi connectivity index (χ1v) is 8.90. The fourth-order valence-electron chi connectivity index (χ4n) is 3.48. The minimum absolute atomic E-state index is 0.461. The highest BCUT2D eigenvalue weighted by Gasteiger charge is 2.32. The second-order valence-corrected chi connectivity index (χ2v) is 7.14. The molecule has 116 valence electrons. The molecular formula is C16H22BrClN2O. The molecule has 2 fully saturated rings. The van der Waals surface area contributed by atoms with E-state index in [0.717, 1.165) is 61.7 Å². The van der Waals surface area contributed by atoms with E-state index in [-0.39, 0.29) is 0 Å². The maximum absolute atomic E-state index is 6.12. The van der Waals surface area contributed by atoms with Crippen LogP contribution < -0.4 is 5.32 Å². The van der Waals surface area contributed by atoms with Crippen LogP contribution in [0.5, 0.6) is 0 Å². The van der Waals surface area contributed by atoms with E-state index in [4.69, 9.17) is 16.3 Å². The molecule has 5 heteroatoms. The van der Waals surface area contributed by atoms with Crippen LogP contribution in [0, 0.1) is 5.92 Å². The lowest BCUT2D eigenvalue weighted by atomic mass is 9.85. The Kier molecular flexibility index (Phi) is 5.57. The number of nitrogens with zero attached hydrogens (tertiary/aromatic N) is 1. The van der Waals surface area contributed by atoms with E-state index in [1.807, 2.05) is 12.1 Å². The number of hydrogen-bond donors (Lipinski definition) is 1. The monoisotopic (exact) mass is 372 g/mol. The number of benzene rings is 1. The van der Waals surface area contributed by atoms with Crippen LogP contribution in [0.3, 0.4) is 0 Å². The van der Waals surface area contributed by atoms with Gasteiger partial charge in [0, 0.05) is 54.9 Å². The molecule has 0 spiro atoms. The van der Waals surface area contributed by atoms with Crippen LogP contribution in [-0.2, 0) is 4.74 Å². The van der Waals surface area contributed by atoms with Gasteiger partial charge in [0.15, 0.2) is 0 Å². The highest BCUT2D eigenvalue weighted by Crippen LogP contribution is 2.39. The van der Waals surface area contributed by atoms with Crippen molar-refractivity contribution in [3.05, 3.63) is 33.3 Å². The third-order valence-electron chi connectivity index (χ3n) is 4.54. The zero-order chi connectivity index (χ0) is 14.7. The van der Waals surface area contributed by atoms with Gasteiger partial charge in [-0.1, -0.05) is 33.6 Å². The number of rotatable bonds is 3. The van der Waals surface area contributed by atoms with Gasteiger partial charge in [0.05, 0.1) is 0 Å². The number of ether oxygens (including phenoxy) is 1. The second-order valence-electron chi connectivity index (χ2n) is 5.85. The average molecular weight is 374 g/mol. The van der Waals surface area contributed by atoms with Crippen molar-refractivity contribution >= 4 is 27.5 Å². The van der Waals surface area contributed by atoms with E-state index in [0.29, 0.717) is 12.0 Å². The number of hydrogen-bond acceptors (Lipinski definition) is 3. The van der Waals surface area contributed by atoms with Gasteiger partial charge >= 0.3 is 0 Å². The van der Waals surface area contributed by atoms with Gasteiger partial charge in [-0.15, -0.1) is 0 Å². The lowest BCUT2D eigenvalue weighted by Crippen LogP contribution is -2.47. The van der Waals surface area contributed by atoms with E-state index in [1.54, 1.807) is 0 Å². The van der Waals surface area contributed by atoms with Crippen LogP contribution in [-0.4, -0.2) is 44.3 Å². The Morgan fingerprint density at radius 2 is 1.95 bits per heavy atom. The van der Waals surface area contributed by atoms with Crippen LogP contribution in [0.15, 0.2) is 22.7 Å². The van der Waals surface area contributed by atoms with Crippen molar-refractivity contribution in [1.82, 2.24) is 10.2 Å². The minimum Gasteiger partial charge on any atom is -0.381 e. The first kappa shape index (κ1) is 15.8. The third-order valence-corrected chi connectivity index (χ3v) is 5.46. The molecular weight excluding hydrogens is 352 g/mol. The lowest BCUT2D eigenvalue weighted by molar-refractivity contribution is 0.0211. The quantitative estimate of drug-likeness (QED) is 0.878. The highest BCUT2D eigenvalue weighted by atomic mass is 79.9. The standard InChI is InChI=1S/C16H22BrClN2O/c17-15-11-13(18)1-2-14(15)16(12-3-9-21-10-4-12)20-7-5-19-6-8-20/h1-2,11-12,16,19H,3-10H2/t16-/m1/s1. The number of halogens is 2. The van der Waals surface area contributed by atoms with Crippen LogP contribution in [0.4, 0.5) is 0 Å². The molecule has 2 aliphatic heterocycles. The van der Waals surface area contributed by atoms with Gasteiger partial charge in [-0.3, -0.25) is 4.90 Å². The Labute approximate surface area is 140 Å². The molecule has 0 bridgehead atoms. The summed E-state index contributed by atoms with van der Waals surface area (Å²) in [5, 5.41) is 4.24. The van der Waals surface area contributed by atoms with Crippen molar-refractivity contribution < 1.29 is 4.74 Å². The fourth-order valence-corrected chi connectivity index (χ4v) is 4.40. The molecule has 0 unspecified atom stereocenters. The van der Waals surface area contributed by atoms with Gasteiger partial charge in [0.2, 0.25) is 0 Å². The first-order valence-electron chi connectivity index (χ1n) is 7.73. The Morgan fingerprint density at radius 1 is 1.24 bits per heavy atom. The number of piperazine rings is 1. The number of nitrogens with one attached hydrogen (secondary N) is 1. The smallest absolute Gasteiger partial charge is 0.0469 e. The normalized spacial score (nSPS) is 23.1. The first-order chi connectivity index (χ1) is 10.3. The van der Waals surface area contributed by atoms with Crippen molar-refractivity contribution in [2.24, 2.45) is 5.92 Å². The molecule has 1 atom stereocenters. The van der Waals surface area contributed by atoms with E-state index >= 15 is 0 Å². The summed E-state index contributed by atoms with van der Waals surface area (Å²) >= 11 is 9.84. The Morgan fingerprint density at radius 3 is 2.62 bits per heavy atom. The summed E-state index contributed by atoms with van der Waals surface area (Å²) in [4.78, 5) is 2.63. The van der Waals surface area contributed by atoms with E-state index in [1.165, 1.54) is 5.56 Å². The highest BCUT2D eigenvalue weighted by molar-refractivity contribution is 9.10. The van der Waals surface area contributed by atoms with Crippen LogP contribution in [0.25, 0.3) is 0 Å². The average Bonchev–Trinajstić information content (AvgIpc) is 2.52. The second kappa shape index (κ2) is 7.42. The largest absolute Gasteiger partial charge is 0.381 e. The molecule has 0 aliphatic carbocycles. The van der Waals surface area contributed by atoms with Crippen molar-refractivity contribution in [1.29, 1.82) is 0 Å². The zero-order valence-corrected chi connectivity index (χ0v) is 14.5. The zero-order valence-electron chi connectivity index (χ0n) is 12.2. The van der Waals surface area contributed by atoms with Crippen molar-refractivity contribution in [2.75, 3.05) is 39.4 Å². The summed E-state index contributed by atoms with van der Waals surface area (Å²) in [6, 6.07) is 6.68. The molecule has 3 rings (SSSR count). The summed E-state index contributed by atoms with van der Waals surface area (Å²) in [5.74, 6) is 0.661. The fraction of sp³-hybridized carbons (Fsp3) is 0.625. The summed E-state index contributed by atoms with van der Waals surface area (Å²) in [5.41, 5.74) is 1.37. The third kappa shape index (κ3) is 3.80. The molecule has 0 radical (unpaired) electrons. The van der Waals surface area contributed by atoms with Gasteiger partial charge in [-0.2, -0.15) is 0 Å². The molecule has 0 amide bonds. The molecule has 1 aromatic carbocycles. The van der Waals surface area contributed by atoms with Gasteiger partial charge in [-0.05, 0) is 36.5 Å². The van der Waals surface area contributed by atoms with E-state index in [9.17, 15) is 0 Å². The van der Waals surface area contributed by atoms with E-state index < -0.39 is 0 Å². The maximum Gasteiger partial charge on any atom is 0.0469 e. The van der Waals surface area contributed by atoms with Gasteiger partial charge in [0.1, 0.15) is 0 Å². The summed E-state index contributed by atoms with van der Waals surface area (Å²) in [6.07, 6.45) is 2.29. The van der Waals surface area contributed by atoms with Crippen LogP contribution in [0.1, 0.15) is 24.4 Å². The predicted molar refractivity (Wildman–Crippen MR) is 89.9 cm³/mol. The molecule has 2 heterocycles. The summed E-state index contributed by atoms with van der Waals surface area (Å²) in [7, 11) is 0. The van der Waals surface area contributed by atoms with Crippen LogP contribution in [0.2, 0.25) is 5.02 Å². The Hall–Kier alpha value is -0.130. The maximum atomic E-state index is 6.12. The Bertz CT molecular complexity index is 455. The Balaban J connectivity index is 1.89. The van der Waals surface area contributed by atoms with Crippen LogP contribution >= 0.6 is 27.5 Å². The SMILES string of the molecule is Clc1ccc([C@@H](C2CCOCC2)N2CCNCC2)c(Br)c1. The van der Waals surface area contributed by atoms with Gasteiger partial charge < -0.3 is 10.1 Å². The topological polar surface area (TPSA) is 24.5 Å². The molecule has 3 nitrogen and oxygen atoms in total. The van der Waals surface area contributed by atoms with Crippen molar-refractivity contribution in [3.8, 4) is 0 Å². The molecule has 2 saturated heterocycles. The van der Waals surface area contributed by atoms with Gasteiger partial charge in [0.25, 0.3) is 0 Å². The molecule has 21 heavy (non-hydrogen) atoms. The van der Waals surface area contributed by atoms with E-state index in [2.05, 4.69) is 32.2 Å². The molecule has 2 aliphatic rings. The molecule has 1 N–H and O–H groups in total. The lowest BCUT2D eigenvalue weighted by Gasteiger charge is -2.41. The van der Waals surface area contributed by atoms with Crippen molar-refractivity contribution in [2.45, 2.75) is 18.9 Å². The predicted octanol–water partition coefficient (Wildman–Crippen LogP) is 3.48. The molecule has 1 aromatic rings. The van der Waals surface area contributed by atoms with Crippen molar-refractivity contribution in [3.63, 3.8) is 0 Å².